The highest BCUT2D eigenvalue weighted by atomic mass is 35.5. The first kappa shape index (κ1) is 30.4. The Morgan fingerprint density at radius 1 is 0.955 bits per heavy atom. The Bertz CT molecular complexity index is 1830. The van der Waals surface area contributed by atoms with Gasteiger partial charge in [-0.05, 0) is 80.6 Å². The second-order valence-electron chi connectivity index (χ2n) is 9.70. The summed E-state index contributed by atoms with van der Waals surface area (Å²) in [5, 5.41) is 16.2. The molecule has 5 aromatic rings. The van der Waals surface area contributed by atoms with Gasteiger partial charge in [0.05, 0.1) is 11.1 Å². The van der Waals surface area contributed by atoms with Crippen LogP contribution in [0.3, 0.4) is 0 Å². The monoisotopic (exact) mass is 632 g/mol. The Kier molecular flexibility index (Phi) is 9.32. The number of nitrogens with zero attached hydrogens (tertiary/aromatic N) is 3. The van der Waals surface area contributed by atoms with Crippen LogP contribution in [0.1, 0.15) is 38.8 Å². The molecular formula is C32H26Cl2N4O6. The van der Waals surface area contributed by atoms with Crippen LogP contribution in [0.15, 0.2) is 94.4 Å². The number of halogens is 2. The highest BCUT2D eigenvalue weighted by Gasteiger charge is 2.14. The Balaban J connectivity index is 1.19. The van der Waals surface area contributed by atoms with E-state index in [-0.39, 0.29) is 30.2 Å². The zero-order valence-electron chi connectivity index (χ0n) is 23.6. The third-order valence-electron chi connectivity index (χ3n) is 6.60. The number of hydrazone groups is 1. The molecule has 2 aromatic heterocycles. The molecule has 0 saturated heterocycles. The first-order chi connectivity index (χ1) is 21.2. The van der Waals surface area contributed by atoms with Crippen LogP contribution < -0.4 is 14.9 Å². The number of nitro benzene ring substituents is 1. The summed E-state index contributed by atoms with van der Waals surface area (Å²) in [4.78, 5) is 23.4. The maximum atomic E-state index is 12.6. The van der Waals surface area contributed by atoms with Crippen molar-refractivity contribution in [1.82, 2.24) is 9.99 Å². The van der Waals surface area contributed by atoms with Crippen molar-refractivity contribution in [2.45, 2.75) is 27.1 Å². The van der Waals surface area contributed by atoms with Crippen molar-refractivity contribution in [3.05, 3.63) is 139 Å². The Hall–Kier alpha value is -5.06. The summed E-state index contributed by atoms with van der Waals surface area (Å²) in [5.74, 6) is 0.786. The van der Waals surface area contributed by atoms with E-state index >= 15 is 0 Å². The van der Waals surface area contributed by atoms with Gasteiger partial charge in [-0.25, -0.2) is 5.43 Å². The molecule has 0 unspecified atom stereocenters. The van der Waals surface area contributed by atoms with Crippen LogP contribution in [0.5, 0.6) is 11.5 Å². The van der Waals surface area contributed by atoms with Gasteiger partial charge in [-0.15, -0.1) is 0 Å². The van der Waals surface area contributed by atoms with Crippen molar-refractivity contribution in [1.29, 1.82) is 0 Å². The lowest BCUT2D eigenvalue weighted by Gasteiger charge is -2.10. The van der Waals surface area contributed by atoms with Crippen LogP contribution in [0.25, 0.3) is 5.69 Å². The summed E-state index contributed by atoms with van der Waals surface area (Å²) < 4.78 is 19.4. The van der Waals surface area contributed by atoms with E-state index in [1.54, 1.807) is 24.3 Å². The largest absolute Gasteiger partial charge is 0.488 e. The van der Waals surface area contributed by atoms with Gasteiger partial charge in [-0.2, -0.15) is 5.10 Å². The number of nitro groups is 1. The standard InChI is InChI=1S/C32H26Cl2N4O6/c1-20-3-4-21(2)37(20)25-7-10-27(11-8-25)42-19-28-12-14-31(44-28)32(39)36-35-17-23-15-26(38(40)41)9-13-30(23)43-18-22-5-6-24(33)16-29(22)34/h3-17H,18-19H2,1-2H3,(H,36,39)/b35-17+. The summed E-state index contributed by atoms with van der Waals surface area (Å²) in [5.41, 5.74) is 6.44. The molecule has 12 heteroatoms. The van der Waals surface area contributed by atoms with Gasteiger partial charge in [0.2, 0.25) is 0 Å². The van der Waals surface area contributed by atoms with Crippen LogP contribution in [-0.4, -0.2) is 21.6 Å². The van der Waals surface area contributed by atoms with Gasteiger partial charge >= 0.3 is 5.91 Å². The second-order valence-corrected chi connectivity index (χ2v) is 10.5. The van der Waals surface area contributed by atoms with Crippen LogP contribution in [0.2, 0.25) is 10.0 Å². The second kappa shape index (κ2) is 13.5. The summed E-state index contributed by atoms with van der Waals surface area (Å²) >= 11 is 12.2. The first-order valence-corrected chi connectivity index (χ1v) is 14.1. The SMILES string of the molecule is Cc1ccc(C)n1-c1ccc(OCc2ccc(C(=O)N/N=C/c3cc([N+](=O)[O-])ccc3OCc3ccc(Cl)cc3Cl)o2)cc1. The fourth-order valence-electron chi connectivity index (χ4n) is 4.39. The number of aryl methyl sites for hydroxylation is 2. The predicted octanol–water partition coefficient (Wildman–Crippen LogP) is 7.82. The number of carbonyl (C=O) groups is 1. The third-order valence-corrected chi connectivity index (χ3v) is 7.19. The average molecular weight is 633 g/mol. The number of benzene rings is 3. The molecule has 0 spiro atoms. The quantitative estimate of drug-likeness (QED) is 0.0899. The molecule has 0 atom stereocenters. The van der Waals surface area contributed by atoms with Crippen molar-refractivity contribution < 1.29 is 23.6 Å². The molecule has 0 bridgehead atoms. The lowest BCUT2D eigenvalue weighted by Crippen LogP contribution is -2.17. The smallest absolute Gasteiger partial charge is 0.307 e. The molecule has 1 N–H and O–H groups in total. The number of hydrogen-bond donors (Lipinski definition) is 1. The van der Waals surface area contributed by atoms with E-state index in [4.69, 9.17) is 37.1 Å². The van der Waals surface area contributed by atoms with Crippen LogP contribution >= 0.6 is 23.2 Å². The van der Waals surface area contributed by atoms with Gasteiger partial charge in [-0.1, -0.05) is 29.3 Å². The van der Waals surface area contributed by atoms with Crippen molar-refractivity contribution in [2.24, 2.45) is 5.10 Å². The molecule has 224 valence electrons. The minimum Gasteiger partial charge on any atom is -0.488 e. The number of amides is 1. The summed E-state index contributed by atoms with van der Waals surface area (Å²) in [6.45, 7) is 4.29. The molecule has 2 heterocycles. The highest BCUT2D eigenvalue weighted by molar-refractivity contribution is 6.35. The third kappa shape index (κ3) is 7.28. The molecule has 5 rings (SSSR count). The number of carbonyl (C=O) groups excluding carboxylic acids is 1. The molecular weight excluding hydrogens is 607 g/mol. The topological polar surface area (TPSA) is 121 Å². The molecule has 10 nitrogen and oxygen atoms in total. The van der Waals surface area contributed by atoms with Gasteiger partial charge in [0.25, 0.3) is 5.69 Å². The number of hydrogen-bond acceptors (Lipinski definition) is 7. The van der Waals surface area contributed by atoms with Crippen LogP contribution in [0, 0.1) is 24.0 Å². The molecule has 0 saturated carbocycles. The number of aromatic nitrogens is 1. The van der Waals surface area contributed by atoms with E-state index in [0.717, 1.165) is 17.1 Å². The summed E-state index contributed by atoms with van der Waals surface area (Å²) in [7, 11) is 0. The lowest BCUT2D eigenvalue weighted by molar-refractivity contribution is -0.384. The molecule has 3 aromatic carbocycles. The van der Waals surface area contributed by atoms with E-state index in [9.17, 15) is 14.9 Å². The number of nitrogens with one attached hydrogen (secondary N) is 1. The number of ether oxygens (including phenoxy) is 2. The minimum absolute atomic E-state index is 0.0163. The molecule has 0 aliphatic rings. The molecule has 1 amide bonds. The number of furan rings is 1. The maximum Gasteiger partial charge on any atom is 0.307 e. The van der Waals surface area contributed by atoms with Crippen molar-refractivity contribution in [3.8, 4) is 17.2 Å². The average Bonchev–Trinajstić information content (AvgIpc) is 3.62. The van der Waals surface area contributed by atoms with Gasteiger partial charge < -0.3 is 18.5 Å². The number of non-ortho nitro benzene ring substituents is 1. The van der Waals surface area contributed by atoms with E-state index in [0.29, 0.717) is 32.9 Å². The summed E-state index contributed by atoms with van der Waals surface area (Å²) in [6, 6.07) is 24.0. The normalized spacial score (nSPS) is 11.1. The minimum atomic E-state index is -0.616. The van der Waals surface area contributed by atoms with Gasteiger partial charge in [0.15, 0.2) is 5.76 Å². The Morgan fingerprint density at radius 2 is 1.70 bits per heavy atom. The van der Waals surface area contributed by atoms with Gasteiger partial charge in [0, 0.05) is 50.4 Å². The van der Waals surface area contributed by atoms with E-state index < -0.39 is 10.8 Å². The lowest BCUT2D eigenvalue weighted by atomic mass is 10.2. The summed E-state index contributed by atoms with van der Waals surface area (Å²) in [6.07, 6.45) is 1.25. The zero-order chi connectivity index (χ0) is 31.2. The number of rotatable bonds is 11. The van der Waals surface area contributed by atoms with Crippen molar-refractivity contribution in [3.63, 3.8) is 0 Å². The molecule has 0 aliphatic heterocycles. The van der Waals surface area contributed by atoms with Crippen LogP contribution in [-0.2, 0) is 13.2 Å². The van der Waals surface area contributed by atoms with E-state index in [1.807, 2.05) is 38.1 Å². The zero-order valence-corrected chi connectivity index (χ0v) is 25.1. The van der Waals surface area contributed by atoms with Crippen LogP contribution in [0.4, 0.5) is 5.69 Å². The van der Waals surface area contributed by atoms with Gasteiger partial charge in [0.1, 0.15) is 30.5 Å². The Morgan fingerprint density at radius 3 is 2.41 bits per heavy atom. The predicted molar refractivity (Wildman–Crippen MR) is 167 cm³/mol. The Labute approximate surface area is 262 Å². The van der Waals surface area contributed by atoms with Crippen molar-refractivity contribution in [2.75, 3.05) is 0 Å². The van der Waals surface area contributed by atoms with E-state index in [1.165, 1.54) is 30.5 Å². The maximum absolute atomic E-state index is 12.6. The first-order valence-electron chi connectivity index (χ1n) is 13.3. The molecule has 0 fully saturated rings. The van der Waals surface area contributed by atoms with Gasteiger partial charge in [-0.3, -0.25) is 14.9 Å². The van der Waals surface area contributed by atoms with Crippen molar-refractivity contribution >= 4 is 41.0 Å². The highest BCUT2D eigenvalue weighted by Crippen LogP contribution is 2.27. The fourth-order valence-corrected chi connectivity index (χ4v) is 4.85. The molecule has 44 heavy (non-hydrogen) atoms. The molecule has 0 aliphatic carbocycles. The molecule has 0 radical (unpaired) electrons. The fraction of sp³-hybridized carbons (Fsp3) is 0.125. The van der Waals surface area contributed by atoms with E-state index in [2.05, 4.69) is 27.2 Å².